The highest BCUT2D eigenvalue weighted by Gasteiger charge is 2.11. The summed E-state index contributed by atoms with van der Waals surface area (Å²) < 4.78 is 0. The fourth-order valence-electron chi connectivity index (χ4n) is 2.44. The molecule has 0 radical (unpaired) electrons. The number of nitrogens with zero attached hydrogens (tertiary/aromatic N) is 1. The molecule has 0 saturated carbocycles. The van der Waals surface area contributed by atoms with Gasteiger partial charge in [-0.2, -0.15) is 5.10 Å². The zero-order valence-electron chi connectivity index (χ0n) is 12.4. The highest BCUT2D eigenvalue weighted by molar-refractivity contribution is 5.25. The molecule has 0 aliphatic carbocycles. The van der Waals surface area contributed by atoms with Crippen LogP contribution in [0.4, 0.5) is 0 Å². The third-order valence-electron chi connectivity index (χ3n) is 3.44. The Bertz CT molecular complexity index is 550. The molecule has 0 saturated heterocycles. The minimum Gasteiger partial charge on any atom is -0.392 e. The number of aryl methyl sites for hydroxylation is 1. The number of aliphatic hydroxyl groups excluding tert-OH is 1. The number of aromatic nitrogens is 2. The van der Waals surface area contributed by atoms with E-state index in [-0.39, 0.29) is 12.6 Å². The highest BCUT2D eigenvalue weighted by atomic mass is 16.3. The number of aliphatic hydroxyl groups is 1. The van der Waals surface area contributed by atoms with Crippen LogP contribution in [-0.4, -0.2) is 21.3 Å². The van der Waals surface area contributed by atoms with Gasteiger partial charge in [-0.15, -0.1) is 0 Å². The number of hydrogen-bond donors (Lipinski definition) is 3. The van der Waals surface area contributed by atoms with Gasteiger partial charge >= 0.3 is 0 Å². The lowest BCUT2D eigenvalue weighted by atomic mass is 10.0. The van der Waals surface area contributed by atoms with E-state index < -0.39 is 0 Å². The zero-order valence-corrected chi connectivity index (χ0v) is 12.4. The van der Waals surface area contributed by atoms with Gasteiger partial charge < -0.3 is 10.4 Å². The van der Waals surface area contributed by atoms with Crippen molar-refractivity contribution in [3.63, 3.8) is 0 Å². The lowest BCUT2D eigenvalue weighted by Crippen LogP contribution is -2.30. The molecule has 0 aliphatic heterocycles. The number of benzene rings is 1. The summed E-state index contributed by atoms with van der Waals surface area (Å²) >= 11 is 0. The van der Waals surface area contributed by atoms with Gasteiger partial charge in [0, 0.05) is 24.2 Å². The van der Waals surface area contributed by atoms with E-state index in [1.807, 2.05) is 25.1 Å². The Labute approximate surface area is 120 Å². The summed E-state index contributed by atoms with van der Waals surface area (Å²) in [4.78, 5) is 0. The molecule has 3 N–H and O–H groups in total. The Morgan fingerprint density at radius 3 is 2.75 bits per heavy atom. The molecular weight excluding hydrogens is 250 g/mol. The van der Waals surface area contributed by atoms with Gasteiger partial charge in [-0.1, -0.05) is 24.3 Å². The first kappa shape index (κ1) is 14.8. The maximum Gasteiger partial charge on any atom is 0.0681 e. The third-order valence-corrected chi connectivity index (χ3v) is 3.44. The molecular formula is C16H23N3O. The van der Waals surface area contributed by atoms with Crippen LogP contribution in [0.25, 0.3) is 0 Å². The normalized spacial score (nSPS) is 14.2. The van der Waals surface area contributed by atoms with Crippen LogP contribution in [0.1, 0.15) is 42.4 Å². The molecule has 2 unspecified atom stereocenters. The van der Waals surface area contributed by atoms with E-state index in [2.05, 4.69) is 41.5 Å². The van der Waals surface area contributed by atoms with Gasteiger partial charge in [0.1, 0.15) is 0 Å². The maximum absolute atomic E-state index is 9.19. The summed E-state index contributed by atoms with van der Waals surface area (Å²) in [5.41, 5.74) is 4.32. The third kappa shape index (κ3) is 3.92. The SMILES string of the molecule is Cc1cc(CC(C)NC(C)c2cccc(CO)c2)n[nH]1. The summed E-state index contributed by atoms with van der Waals surface area (Å²) in [6, 6.07) is 10.7. The van der Waals surface area contributed by atoms with Crippen molar-refractivity contribution in [2.45, 2.75) is 45.9 Å². The molecule has 4 heteroatoms. The van der Waals surface area contributed by atoms with Crippen molar-refractivity contribution in [2.24, 2.45) is 0 Å². The Kier molecular flexibility index (Phi) is 4.93. The lowest BCUT2D eigenvalue weighted by Gasteiger charge is -2.20. The van der Waals surface area contributed by atoms with Crippen LogP contribution in [0.5, 0.6) is 0 Å². The molecule has 0 amide bonds. The number of aromatic amines is 1. The maximum atomic E-state index is 9.19. The molecule has 0 fully saturated rings. The molecule has 1 heterocycles. The molecule has 0 bridgehead atoms. The Balaban J connectivity index is 1.94. The summed E-state index contributed by atoms with van der Waals surface area (Å²) in [6.07, 6.45) is 0.897. The van der Waals surface area contributed by atoms with E-state index >= 15 is 0 Å². The lowest BCUT2D eigenvalue weighted by molar-refractivity contribution is 0.281. The van der Waals surface area contributed by atoms with Crippen molar-refractivity contribution < 1.29 is 5.11 Å². The first-order valence-corrected chi connectivity index (χ1v) is 7.05. The number of hydrogen-bond acceptors (Lipinski definition) is 3. The van der Waals surface area contributed by atoms with Gasteiger partial charge in [0.15, 0.2) is 0 Å². The van der Waals surface area contributed by atoms with E-state index in [9.17, 15) is 5.11 Å². The summed E-state index contributed by atoms with van der Waals surface area (Å²) in [5, 5.41) is 20.0. The van der Waals surface area contributed by atoms with Crippen molar-refractivity contribution >= 4 is 0 Å². The van der Waals surface area contributed by atoms with Crippen LogP contribution in [0.2, 0.25) is 0 Å². The highest BCUT2D eigenvalue weighted by Crippen LogP contribution is 2.15. The molecule has 1 aromatic carbocycles. The van der Waals surface area contributed by atoms with Crippen molar-refractivity contribution in [2.75, 3.05) is 0 Å². The van der Waals surface area contributed by atoms with E-state index in [1.54, 1.807) is 0 Å². The standard InChI is InChI=1S/C16H23N3O/c1-11(7-16-8-12(2)18-19-16)17-13(3)15-6-4-5-14(9-15)10-20/h4-6,8-9,11,13,17,20H,7,10H2,1-3H3,(H,18,19). The zero-order chi connectivity index (χ0) is 14.5. The summed E-state index contributed by atoms with van der Waals surface area (Å²) in [7, 11) is 0. The Morgan fingerprint density at radius 2 is 2.10 bits per heavy atom. The summed E-state index contributed by atoms with van der Waals surface area (Å²) in [5.74, 6) is 0. The second-order valence-corrected chi connectivity index (χ2v) is 5.44. The average molecular weight is 273 g/mol. The van der Waals surface area contributed by atoms with E-state index in [1.165, 1.54) is 5.56 Å². The fraction of sp³-hybridized carbons (Fsp3) is 0.438. The fourth-order valence-corrected chi connectivity index (χ4v) is 2.44. The smallest absolute Gasteiger partial charge is 0.0681 e. The molecule has 0 spiro atoms. The van der Waals surface area contributed by atoms with Gasteiger partial charge in [-0.25, -0.2) is 0 Å². The minimum absolute atomic E-state index is 0.0860. The molecule has 4 nitrogen and oxygen atoms in total. The average Bonchev–Trinajstić information content (AvgIpc) is 2.83. The molecule has 2 atom stereocenters. The first-order valence-electron chi connectivity index (χ1n) is 7.05. The number of rotatable bonds is 6. The molecule has 108 valence electrons. The van der Waals surface area contributed by atoms with Crippen LogP contribution < -0.4 is 5.32 Å². The van der Waals surface area contributed by atoms with Gasteiger partial charge in [0.05, 0.1) is 12.3 Å². The van der Waals surface area contributed by atoms with Gasteiger partial charge in [0.2, 0.25) is 0 Å². The minimum atomic E-state index is 0.0860. The van der Waals surface area contributed by atoms with Crippen LogP contribution in [0.15, 0.2) is 30.3 Å². The van der Waals surface area contributed by atoms with Crippen molar-refractivity contribution in [3.8, 4) is 0 Å². The topological polar surface area (TPSA) is 60.9 Å². The van der Waals surface area contributed by atoms with Crippen LogP contribution in [-0.2, 0) is 13.0 Å². The molecule has 20 heavy (non-hydrogen) atoms. The second kappa shape index (κ2) is 6.68. The van der Waals surface area contributed by atoms with Crippen molar-refractivity contribution in [3.05, 3.63) is 52.8 Å². The Morgan fingerprint density at radius 1 is 1.30 bits per heavy atom. The van der Waals surface area contributed by atoms with E-state index in [0.29, 0.717) is 6.04 Å². The molecule has 1 aromatic heterocycles. The molecule has 2 rings (SSSR count). The first-order chi connectivity index (χ1) is 9.58. The van der Waals surface area contributed by atoms with Crippen molar-refractivity contribution in [1.82, 2.24) is 15.5 Å². The van der Waals surface area contributed by atoms with E-state index in [0.717, 1.165) is 23.4 Å². The van der Waals surface area contributed by atoms with Crippen LogP contribution >= 0.6 is 0 Å². The number of nitrogens with one attached hydrogen (secondary N) is 2. The Hall–Kier alpha value is -1.65. The van der Waals surface area contributed by atoms with Crippen LogP contribution in [0.3, 0.4) is 0 Å². The number of H-pyrrole nitrogens is 1. The molecule has 2 aromatic rings. The quantitative estimate of drug-likeness (QED) is 0.758. The van der Waals surface area contributed by atoms with E-state index in [4.69, 9.17) is 0 Å². The predicted molar refractivity (Wildman–Crippen MR) is 80.4 cm³/mol. The predicted octanol–water partition coefficient (Wildman–Crippen LogP) is 2.49. The van der Waals surface area contributed by atoms with Gasteiger partial charge in [0.25, 0.3) is 0 Å². The monoisotopic (exact) mass is 273 g/mol. The molecule has 0 aliphatic rings. The largest absolute Gasteiger partial charge is 0.392 e. The van der Waals surface area contributed by atoms with Gasteiger partial charge in [-0.3, -0.25) is 5.10 Å². The second-order valence-electron chi connectivity index (χ2n) is 5.44. The summed E-state index contributed by atoms with van der Waals surface area (Å²) in [6.45, 7) is 6.40. The van der Waals surface area contributed by atoms with Gasteiger partial charge in [-0.05, 0) is 38.0 Å². The van der Waals surface area contributed by atoms with Crippen molar-refractivity contribution in [1.29, 1.82) is 0 Å². The van der Waals surface area contributed by atoms with Crippen LogP contribution in [0, 0.1) is 6.92 Å².